The summed E-state index contributed by atoms with van der Waals surface area (Å²) in [6.45, 7) is 3.85. The van der Waals surface area contributed by atoms with Crippen LogP contribution in [0.2, 0.25) is 0 Å². The summed E-state index contributed by atoms with van der Waals surface area (Å²) in [5, 5.41) is 0. The number of carbonyl (C=O) groups is 1. The first kappa shape index (κ1) is 12.8. The molecule has 2 heterocycles. The highest BCUT2D eigenvalue weighted by molar-refractivity contribution is 5.74. The molecule has 2 fully saturated rings. The second kappa shape index (κ2) is 6.33. The minimum absolute atomic E-state index is 0.278. The standard InChI is InChI=1S/C12H21NO4/c1-15-12(14)11-9-13(5-7-17-11)8-10-4-2-3-6-16-10/h10-11H,2-9H2,1H3. The van der Waals surface area contributed by atoms with E-state index in [0.29, 0.717) is 19.3 Å². The van der Waals surface area contributed by atoms with E-state index in [2.05, 4.69) is 4.90 Å². The van der Waals surface area contributed by atoms with Crippen molar-refractivity contribution >= 4 is 5.97 Å². The second-order valence-electron chi connectivity index (χ2n) is 4.63. The average Bonchev–Trinajstić information content (AvgIpc) is 2.39. The van der Waals surface area contributed by atoms with Gasteiger partial charge in [-0.25, -0.2) is 4.79 Å². The van der Waals surface area contributed by atoms with Crippen LogP contribution in [0.5, 0.6) is 0 Å². The zero-order valence-electron chi connectivity index (χ0n) is 10.4. The summed E-state index contributed by atoms with van der Waals surface area (Å²) in [4.78, 5) is 13.6. The van der Waals surface area contributed by atoms with E-state index in [9.17, 15) is 4.79 Å². The fraction of sp³-hybridized carbons (Fsp3) is 0.917. The van der Waals surface area contributed by atoms with Crippen LogP contribution in [0.4, 0.5) is 0 Å². The summed E-state index contributed by atoms with van der Waals surface area (Å²) in [6.07, 6.45) is 3.43. The minimum Gasteiger partial charge on any atom is -0.467 e. The Labute approximate surface area is 102 Å². The normalized spacial score (nSPS) is 31.1. The number of ether oxygens (including phenoxy) is 3. The largest absolute Gasteiger partial charge is 0.467 e. The maximum Gasteiger partial charge on any atom is 0.336 e. The Morgan fingerprint density at radius 1 is 1.35 bits per heavy atom. The van der Waals surface area contributed by atoms with Crippen molar-refractivity contribution in [2.45, 2.75) is 31.5 Å². The van der Waals surface area contributed by atoms with Gasteiger partial charge in [0.25, 0.3) is 0 Å². The van der Waals surface area contributed by atoms with Gasteiger partial charge in [0.2, 0.25) is 0 Å². The Morgan fingerprint density at radius 2 is 2.24 bits per heavy atom. The van der Waals surface area contributed by atoms with Crippen LogP contribution in [0.1, 0.15) is 19.3 Å². The number of esters is 1. The third-order valence-electron chi connectivity index (χ3n) is 3.35. The van der Waals surface area contributed by atoms with Crippen molar-refractivity contribution in [3.63, 3.8) is 0 Å². The van der Waals surface area contributed by atoms with Crippen LogP contribution in [0, 0.1) is 0 Å². The van der Waals surface area contributed by atoms with Gasteiger partial charge in [0.05, 0.1) is 19.8 Å². The number of hydrogen-bond acceptors (Lipinski definition) is 5. The number of carbonyl (C=O) groups excluding carboxylic acids is 1. The number of methoxy groups -OCH3 is 1. The molecule has 2 unspecified atom stereocenters. The molecule has 0 aromatic heterocycles. The zero-order chi connectivity index (χ0) is 12.1. The van der Waals surface area contributed by atoms with Gasteiger partial charge in [-0.2, -0.15) is 0 Å². The Morgan fingerprint density at radius 3 is 2.94 bits per heavy atom. The molecule has 2 aliphatic heterocycles. The molecule has 0 radical (unpaired) electrons. The first-order chi connectivity index (χ1) is 8.29. The molecular weight excluding hydrogens is 222 g/mol. The molecule has 2 saturated heterocycles. The molecule has 0 N–H and O–H groups in total. The van der Waals surface area contributed by atoms with E-state index >= 15 is 0 Å². The highest BCUT2D eigenvalue weighted by atomic mass is 16.6. The van der Waals surface area contributed by atoms with Crippen LogP contribution in [0.3, 0.4) is 0 Å². The van der Waals surface area contributed by atoms with Crippen molar-refractivity contribution in [2.75, 3.05) is 40.0 Å². The SMILES string of the molecule is COC(=O)C1CN(CC2CCCCO2)CCO1. The van der Waals surface area contributed by atoms with Crippen LogP contribution >= 0.6 is 0 Å². The fourth-order valence-corrected chi connectivity index (χ4v) is 2.38. The highest BCUT2D eigenvalue weighted by Gasteiger charge is 2.29. The highest BCUT2D eigenvalue weighted by Crippen LogP contribution is 2.15. The molecule has 0 amide bonds. The molecule has 5 nitrogen and oxygen atoms in total. The van der Waals surface area contributed by atoms with Gasteiger partial charge in [-0.1, -0.05) is 0 Å². The lowest BCUT2D eigenvalue weighted by Gasteiger charge is -2.34. The second-order valence-corrected chi connectivity index (χ2v) is 4.63. The summed E-state index contributed by atoms with van der Waals surface area (Å²) in [5.74, 6) is -0.278. The predicted molar refractivity (Wildman–Crippen MR) is 61.8 cm³/mol. The van der Waals surface area contributed by atoms with Crippen molar-refractivity contribution in [3.05, 3.63) is 0 Å². The first-order valence-electron chi connectivity index (χ1n) is 6.33. The first-order valence-corrected chi connectivity index (χ1v) is 6.33. The number of rotatable bonds is 3. The van der Waals surface area contributed by atoms with Crippen molar-refractivity contribution in [1.82, 2.24) is 4.90 Å². The monoisotopic (exact) mass is 243 g/mol. The van der Waals surface area contributed by atoms with Gasteiger partial charge in [0.15, 0.2) is 6.10 Å². The van der Waals surface area contributed by atoms with Gasteiger partial charge >= 0.3 is 5.97 Å². The topological polar surface area (TPSA) is 48.0 Å². The third kappa shape index (κ3) is 3.66. The van der Waals surface area contributed by atoms with Crippen LogP contribution in [0.25, 0.3) is 0 Å². The molecule has 0 spiro atoms. The van der Waals surface area contributed by atoms with Crippen molar-refractivity contribution in [3.8, 4) is 0 Å². The number of nitrogens with zero attached hydrogens (tertiary/aromatic N) is 1. The van der Waals surface area contributed by atoms with Gasteiger partial charge in [0, 0.05) is 26.2 Å². The molecular formula is C12H21NO4. The quantitative estimate of drug-likeness (QED) is 0.673. The van der Waals surface area contributed by atoms with Gasteiger partial charge in [-0.15, -0.1) is 0 Å². The lowest BCUT2D eigenvalue weighted by molar-refractivity contribution is -0.160. The van der Waals surface area contributed by atoms with Crippen LogP contribution in [0.15, 0.2) is 0 Å². The van der Waals surface area contributed by atoms with E-state index in [4.69, 9.17) is 14.2 Å². The lowest BCUT2D eigenvalue weighted by atomic mass is 10.1. The molecule has 5 heteroatoms. The van der Waals surface area contributed by atoms with Gasteiger partial charge < -0.3 is 14.2 Å². The molecule has 2 atom stereocenters. The summed E-state index contributed by atoms with van der Waals surface area (Å²) in [7, 11) is 1.40. The molecule has 0 aromatic carbocycles. The van der Waals surface area contributed by atoms with Crippen LogP contribution < -0.4 is 0 Å². The summed E-state index contributed by atoms with van der Waals surface area (Å²) >= 11 is 0. The minimum atomic E-state index is -0.433. The number of hydrogen-bond donors (Lipinski definition) is 0. The molecule has 0 saturated carbocycles. The fourth-order valence-electron chi connectivity index (χ4n) is 2.38. The van der Waals surface area contributed by atoms with E-state index in [1.807, 2.05) is 0 Å². The Bertz CT molecular complexity index is 253. The Balaban J connectivity index is 1.78. The third-order valence-corrected chi connectivity index (χ3v) is 3.35. The Kier molecular flexibility index (Phi) is 4.76. The van der Waals surface area contributed by atoms with E-state index in [1.54, 1.807) is 0 Å². The maximum absolute atomic E-state index is 11.4. The zero-order valence-corrected chi connectivity index (χ0v) is 10.4. The number of morpholine rings is 1. The Hall–Kier alpha value is -0.650. The molecule has 0 aliphatic carbocycles. The van der Waals surface area contributed by atoms with Crippen molar-refractivity contribution < 1.29 is 19.0 Å². The maximum atomic E-state index is 11.4. The van der Waals surface area contributed by atoms with Crippen LogP contribution in [-0.4, -0.2) is 63.0 Å². The molecule has 0 bridgehead atoms. The van der Waals surface area contributed by atoms with E-state index in [-0.39, 0.29) is 5.97 Å². The average molecular weight is 243 g/mol. The van der Waals surface area contributed by atoms with Crippen LogP contribution in [-0.2, 0) is 19.0 Å². The van der Waals surface area contributed by atoms with Gasteiger partial charge in [-0.05, 0) is 19.3 Å². The summed E-state index contributed by atoms with van der Waals surface area (Å²) in [5.41, 5.74) is 0. The van der Waals surface area contributed by atoms with Crippen molar-refractivity contribution in [1.29, 1.82) is 0 Å². The van der Waals surface area contributed by atoms with E-state index < -0.39 is 6.10 Å². The summed E-state index contributed by atoms with van der Waals surface area (Å²) < 4.78 is 15.8. The molecule has 0 aromatic rings. The van der Waals surface area contributed by atoms with Crippen molar-refractivity contribution in [2.24, 2.45) is 0 Å². The van der Waals surface area contributed by atoms with E-state index in [0.717, 1.165) is 26.1 Å². The predicted octanol–water partition coefficient (Wildman–Crippen LogP) is 0.429. The summed E-state index contributed by atoms with van der Waals surface area (Å²) in [6, 6.07) is 0. The lowest BCUT2D eigenvalue weighted by Crippen LogP contribution is -2.49. The molecule has 2 aliphatic rings. The molecule has 98 valence electrons. The van der Waals surface area contributed by atoms with E-state index in [1.165, 1.54) is 20.0 Å². The van der Waals surface area contributed by atoms with Gasteiger partial charge in [-0.3, -0.25) is 4.90 Å². The molecule has 17 heavy (non-hydrogen) atoms. The smallest absolute Gasteiger partial charge is 0.336 e. The van der Waals surface area contributed by atoms with Gasteiger partial charge in [0.1, 0.15) is 0 Å². The molecule has 2 rings (SSSR count).